The minimum Gasteiger partial charge on any atom is -0.480 e. The lowest BCUT2D eigenvalue weighted by Gasteiger charge is -2.09. The fourth-order valence-corrected chi connectivity index (χ4v) is 2.20. The van der Waals surface area contributed by atoms with Crippen LogP contribution in [-0.2, 0) is 4.79 Å². The van der Waals surface area contributed by atoms with Crippen molar-refractivity contribution in [2.24, 2.45) is 0 Å². The molecule has 84 valence electrons. The van der Waals surface area contributed by atoms with E-state index in [2.05, 4.69) is 11.1 Å². The molecule has 0 bridgehead atoms. The molecule has 0 aliphatic carbocycles. The van der Waals surface area contributed by atoms with Crippen LogP contribution in [0.15, 0.2) is 11.1 Å². The first-order chi connectivity index (χ1) is 7.45. The van der Waals surface area contributed by atoms with Crippen molar-refractivity contribution in [2.75, 3.05) is 0 Å². The Morgan fingerprint density at radius 1 is 1.62 bits per heavy atom. The molecule has 0 aliphatic rings. The summed E-state index contributed by atoms with van der Waals surface area (Å²) in [6.45, 7) is 5.22. The first-order valence-corrected chi connectivity index (χ1v) is 5.61. The number of nitriles is 1. The number of rotatable bonds is 3. The van der Waals surface area contributed by atoms with E-state index in [-0.39, 0.29) is 0 Å². The van der Waals surface area contributed by atoms with E-state index < -0.39 is 11.2 Å². The molecule has 1 aromatic heterocycles. The molecule has 0 amide bonds. The number of carboxylic acid groups (broad SMARTS) is 1. The van der Waals surface area contributed by atoms with E-state index in [0.717, 1.165) is 23.0 Å². The normalized spacial score (nSPS) is 11.9. The van der Waals surface area contributed by atoms with Gasteiger partial charge in [0.1, 0.15) is 16.3 Å². The maximum absolute atomic E-state index is 10.7. The van der Waals surface area contributed by atoms with Gasteiger partial charge in [-0.3, -0.25) is 4.79 Å². The second-order valence-electron chi connectivity index (χ2n) is 3.47. The minimum absolute atomic E-state index is 0.462. The van der Waals surface area contributed by atoms with Gasteiger partial charge in [0, 0.05) is 5.69 Å². The summed E-state index contributed by atoms with van der Waals surface area (Å²) in [6.07, 6.45) is 0. The van der Waals surface area contributed by atoms with E-state index in [1.807, 2.05) is 19.9 Å². The standard InChI is InChI=1S/C11H12N2O2S/c1-6-4-7(2)13-10(9(6)5-12)16-8(3)11(14)15/h4,8H,1-3H3,(H,14,15)/t8-/m1/s1. The summed E-state index contributed by atoms with van der Waals surface area (Å²) in [4.78, 5) is 14.9. The number of nitrogens with zero attached hydrogens (tertiary/aromatic N) is 2. The number of aliphatic carboxylic acids is 1. The molecule has 0 spiro atoms. The van der Waals surface area contributed by atoms with Gasteiger partial charge >= 0.3 is 5.97 Å². The predicted molar refractivity (Wildman–Crippen MR) is 61.4 cm³/mol. The zero-order valence-electron chi connectivity index (χ0n) is 9.31. The van der Waals surface area contributed by atoms with Gasteiger partial charge in [-0.25, -0.2) is 4.98 Å². The minimum atomic E-state index is -0.908. The van der Waals surface area contributed by atoms with Crippen molar-refractivity contribution >= 4 is 17.7 Å². The lowest BCUT2D eigenvalue weighted by atomic mass is 10.1. The molecule has 16 heavy (non-hydrogen) atoms. The third-order valence-electron chi connectivity index (χ3n) is 2.06. The van der Waals surface area contributed by atoms with Crippen LogP contribution < -0.4 is 0 Å². The predicted octanol–water partition coefficient (Wildman–Crippen LogP) is 2.14. The van der Waals surface area contributed by atoms with Crippen molar-refractivity contribution < 1.29 is 9.90 Å². The van der Waals surface area contributed by atoms with Gasteiger partial charge in [-0.2, -0.15) is 5.26 Å². The number of pyridine rings is 1. The maximum atomic E-state index is 10.7. The number of carboxylic acids is 1. The van der Waals surface area contributed by atoms with Crippen LogP contribution in [0.3, 0.4) is 0 Å². The molecule has 1 aromatic rings. The van der Waals surface area contributed by atoms with Crippen LogP contribution in [0.1, 0.15) is 23.7 Å². The highest BCUT2D eigenvalue weighted by Crippen LogP contribution is 2.27. The topological polar surface area (TPSA) is 74.0 Å². The van der Waals surface area contributed by atoms with Crippen molar-refractivity contribution in [3.05, 3.63) is 22.9 Å². The monoisotopic (exact) mass is 236 g/mol. The Bertz CT molecular complexity index is 466. The van der Waals surface area contributed by atoms with Crippen molar-refractivity contribution in [2.45, 2.75) is 31.0 Å². The Kier molecular flexibility index (Phi) is 3.91. The van der Waals surface area contributed by atoms with Crippen molar-refractivity contribution in [3.8, 4) is 6.07 Å². The maximum Gasteiger partial charge on any atom is 0.316 e. The van der Waals surface area contributed by atoms with E-state index in [1.54, 1.807) is 6.92 Å². The second kappa shape index (κ2) is 4.99. The second-order valence-corrected chi connectivity index (χ2v) is 4.80. The quantitative estimate of drug-likeness (QED) is 0.814. The van der Waals surface area contributed by atoms with Crippen LogP contribution >= 0.6 is 11.8 Å². The molecule has 0 fully saturated rings. The molecule has 0 saturated heterocycles. The fourth-order valence-electron chi connectivity index (χ4n) is 1.24. The Morgan fingerprint density at radius 3 is 2.75 bits per heavy atom. The Balaban J connectivity index is 3.13. The molecular weight excluding hydrogens is 224 g/mol. The van der Waals surface area contributed by atoms with Crippen LogP contribution in [-0.4, -0.2) is 21.3 Å². The summed E-state index contributed by atoms with van der Waals surface area (Å²) in [5, 5.41) is 17.7. The molecule has 0 radical (unpaired) electrons. The van der Waals surface area contributed by atoms with Crippen molar-refractivity contribution in [1.29, 1.82) is 5.26 Å². The van der Waals surface area contributed by atoms with E-state index in [9.17, 15) is 4.79 Å². The zero-order chi connectivity index (χ0) is 12.3. The summed E-state index contributed by atoms with van der Waals surface area (Å²) in [5.41, 5.74) is 2.08. The highest BCUT2D eigenvalue weighted by molar-refractivity contribution is 8.00. The van der Waals surface area contributed by atoms with Gasteiger partial charge in [0.05, 0.1) is 5.56 Å². The van der Waals surface area contributed by atoms with Crippen molar-refractivity contribution in [1.82, 2.24) is 4.98 Å². The highest BCUT2D eigenvalue weighted by atomic mass is 32.2. The molecule has 0 unspecified atom stereocenters. The molecule has 0 saturated carbocycles. The number of hydrogen-bond acceptors (Lipinski definition) is 4. The lowest BCUT2D eigenvalue weighted by molar-refractivity contribution is -0.136. The molecule has 1 atom stereocenters. The molecule has 0 aromatic carbocycles. The van der Waals surface area contributed by atoms with E-state index in [4.69, 9.17) is 10.4 Å². The van der Waals surface area contributed by atoms with Gasteiger partial charge in [-0.15, -0.1) is 0 Å². The highest BCUT2D eigenvalue weighted by Gasteiger charge is 2.17. The number of thioether (sulfide) groups is 1. The first-order valence-electron chi connectivity index (χ1n) is 4.73. The molecular formula is C11H12N2O2S. The van der Waals surface area contributed by atoms with Crippen LogP contribution in [0.4, 0.5) is 0 Å². The molecule has 5 heteroatoms. The van der Waals surface area contributed by atoms with Gasteiger partial charge < -0.3 is 5.11 Å². The average molecular weight is 236 g/mol. The molecule has 1 heterocycles. The average Bonchev–Trinajstić information content (AvgIpc) is 2.16. The van der Waals surface area contributed by atoms with Gasteiger partial charge in [0.15, 0.2) is 0 Å². The lowest BCUT2D eigenvalue weighted by Crippen LogP contribution is -2.12. The van der Waals surface area contributed by atoms with Crippen LogP contribution in [0.25, 0.3) is 0 Å². The number of aromatic nitrogens is 1. The Morgan fingerprint density at radius 2 is 2.25 bits per heavy atom. The number of carbonyl (C=O) groups is 1. The van der Waals surface area contributed by atoms with Gasteiger partial charge in [0.2, 0.25) is 0 Å². The third kappa shape index (κ3) is 2.74. The Labute approximate surface area is 98.3 Å². The van der Waals surface area contributed by atoms with Gasteiger partial charge in [-0.05, 0) is 32.4 Å². The van der Waals surface area contributed by atoms with E-state index >= 15 is 0 Å². The van der Waals surface area contributed by atoms with Gasteiger partial charge in [-0.1, -0.05) is 11.8 Å². The fraction of sp³-hybridized carbons (Fsp3) is 0.364. The smallest absolute Gasteiger partial charge is 0.316 e. The third-order valence-corrected chi connectivity index (χ3v) is 3.13. The summed E-state index contributed by atoms with van der Waals surface area (Å²) in [5.74, 6) is -0.908. The summed E-state index contributed by atoms with van der Waals surface area (Å²) in [7, 11) is 0. The first kappa shape index (κ1) is 12.5. The van der Waals surface area contributed by atoms with Crippen molar-refractivity contribution in [3.63, 3.8) is 0 Å². The van der Waals surface area contributed by atoms with E-state index in [0.29, 0.717) is 10.6 Å². The van der Waals surface area contributed by atoms with Gasteiger partial charge in [0.25, 0.3) is 0 Å². The summed E-state index contributed by atoms with van der Waals surface area (Å²) >= 11 is 1.10. The zero-order valence-corrected chi connectivity index (χ0v) is 10.1. The molecule has 1 N–H and O–H groups in total. The van der Waals surface area contributed by atoms with Crippen LogP contribution in [0.2, 0.25) is 0 Å². The molecule has 4 nitrogen and oxygen atoms in total. The molecule has 0 aliphatic heterocycles. The van der Waals surface area contributed by atoms with Crippen LogP contribution in [0.5, 0.6) is 0 Å². The van der Waals surface area contributed by atoms with E-state index in [1.165, 1.54) is 0 Å². The summed E-state index contributed by atoms with van der Waals surface area (Å²) < 4.78 is 0. The largest absolute Gasteiger partial charge is 0.480 e. The number of aryl methyl sites for hydroxylation is 2. The Hall–Kier alpha value is -1.54. The SMILES string of the molecule is Cc1cc(C)c(C#N)c(S[C@H](C)C(=O)O)n1. The molecule has 1 rings (SSSR count). The van der Waals surface area contributed by atoms with Crippen LogP contribution in [0, 0.1) is 25.2 Å². The summed E-state index contributed by atoms with van der Waals surface area (Å²) in [6, 6.07) is 3.87. The number of hydrogen-bond donors (Lipinski definition) is 1.